The number of hydrogen-bond donors (Lipinski definition) is 4. The molecule has 1 saturated heterocycles. The number of nitrogens with zero attached hydrogens (tertiary/aromatic N) is 2. The van der Waals surface area contributed by atoms with Crippen molar-refractivity contribution in [2.24, 2.45) is 11.8 Å². The molecule has 3 atom stereocenters. The van der Waals surface area contributed by atoms with E-state index in [1.165, 1.54) is 0 Å². The Kier molecular flexibility index (Phi) is 10.4. The molecule has 3 aromatic rings. The fourth-order valence-corrected chi connectivity index (χ4v) is 6.13. The summed E-state index contributed by atoms with van der Waals surface area (Å²) in [5.41, 5.74) is 1.48. The SMILES string of the molecule is C[C@@H](/C=C/CC(=O)N(CCO)Cc1ccccc1)[C@]1(O)C(=O)N(Cc2ccccc2)c2ccc(NC(=O)C3CCCNC3)cc21. The zero-order valence-corrected chi connectivity index (χ0v) is 25.7. The standard InChI is InChI=1S/C36H42N4O5/c1-26(10-8-16-33(42)39(20-21-41)24-27-11-4-2-5-12-27)36(45)31-22-30(38-34(43)29-15-9-19-37-23-29)17-18-32(31)40(35(36)44)25-28-13-6-3-7-14-28/h2-8,10-14,17-18,22,26,29,37,41,45H,9,15-16,19-21,23-25H2,1H3,(H,38,43)/b10-8+/t26-,29?,36+/m0/s1. The van der Waals surface area contributed by atoms with Gasteiger partial charge in [0.1, 0.15) is 0 Å². The first-order chi connectivity index (χ1) is 21.8. The Hall–Kier alpha value is -4.31. The minimum atomic E-state index is -1.91. The lowest BCUT2D eigenvalue weighted by Crippen LogP contribution is -2.44. The van der Waals surface area contributed by atoms with Gasteiger partial charge in [0.2, 0.25) is 11.8 Å². The van der Waals surface area contributed by atoms with E-state index >= 15 is 0 Å². The van der Waals surface area contributed by atoms with Gasteiger partial charge in [-0.1, -0.05) is 79.7 Å². The Bertz CT molecular complexity index is 1510. The lowest BCUT2D eigenvalue weighted by Gasteiger charge is -2.28. The van der Waals surface area contributed by atoms with Crippen LogP contribution in [0.1, 0.15) is 42.9 Å². The molecule has 4 N–H and O–H groups in total. The van der Waals surface area contributed by atoms with E-state index in [0.29, 0.717) is 30.0 Å². The summed E-state index contributed by atoms with van der Waals surface area (Å²) in [6.45, 7) is 3.97. The van der Waals surface area contributed by atoms with E-state index < -0.39 is 17.4 Å². The number of nitrogens with one attached hydrogen (secondary N) is 2. The number of hydrogen-bond acceptors (Lipinski definition) is 6. The molecule has 45 heavy (non-hydrogen) atoms. The summed E-state index contributed by atoms with van der Waals surface area (Å²) in [5, 5.41) is 28.0. The Morgan fingerprint density at radius 3 is 2.47 bits per heavy atom. The fraction of sp³-hybridized carbons (Fsp3) is 0.361. The number of amides is 3. The summed E-state index contributed by atoms with van der Waals surface area (Å²) >= 11 is 0. The lowest BCUT2D eigenvalue weighted by molar-refractivity contribution is -0.139. The van der Waals surface area contributed by atoms with Crippen molar-refractivity contribution in [3.05, 3.63) is 108 Å². The van der Waals surface area contributed by atoms with Crippen LogP contribution in [0.25, 0.3) is 0 Å². The van der Waals surface area contributed by atoms with Gasteiger partial charge in [0.15, 0.2) is 5.60 Å². The van der Waals surface area contributed by atoms with Crippen molar-refractivity contribution < 1.29 is 24.6 Å². The highest BCUT2D eigenvalue weighted by Crippen LogP contribution is 2.47. The summed E-state index contributed by atoms with van der Waals surface area (Å²) < 4.78 is 0. The second-order valence-electron chi connectivity index (χ2n) is 11.9. The van der Waals surface area contributed by atoms with Crippen LogP contribution in [0, 0.1) is 11.8 Å². The number of rotatable bonds is 12. The molecule has 5 rings (SSSR count). The van der Waals surface area contributed by atoms with Gasteiger partial charge in [-0.05, 0) is 48.7 Å². The molecular weight excluding hydrogens is 568 g/mol. The highest BCUT2D eigenvalue weighted by atomic mass is 16.3. The summed E-state index contributed by atoms with van der Waals surface area (Å²) in [4.78, 5) is 43.3. The van der Waals surface area contributed by atoms with Gasteiger partial charge < -0.3 is 30.6 Å². The first kappa shape index (κ1) is 32.1. The minimum Gasteiger partial charge on any atom is -0.395 e. The molecular formula is C36H42N4O5. The first-order valence-electron chi connectivity index (χ1n) is 15.6. The molecule has 2 heterocycles. The molecule has 2 aliphatic rings. The first-order valence-corrected chi connectivity index (χ1v) is 15.6. The molecule has 0 aromatic heterocycles. The third kappa shape index (κ3) is 7.33. The van der Waals surface area contributed by atoms with Gasteiger partial charge in [0.25, 0.3) is 5.91 Å². The molecule has 2 aliphatic heterocycles. The van der Waals surface area contributed by atoms with Crippen LogP contribution in [0.2, 0.25) is 0 Å². The van der Waals surface area contributed by atoms with E-state index in [0.717, 1.165) is 30.5 Å². The molecule has 9 nitrogen and oxygen atoms in total. The summed E-state index contributed by atoms with van der Waals surface area (Å²) in [5.74, 6) is -1.56. The zero-order chi connectivity index (χ0) is 31.8. The largest absolute Gasteiger partial charge is 0.395 e. The quantitative estimate of drug-likeness (QED) is 0.230. The van der Waals surface area contributed by atoms with Crippen LogP contribution in [-0.2, 0) is 33.1 Å². The maximum absolute atomic E-state index is 14.0. The van der Waals surface area contributed by atoms with Crippen LogP contribution >= 0.6 is 0 Å². The van der Waals surface area contributed by atoms with Crippen molar-refractivity contribution >= 4 is 29.1 Å². The molecule has 0 aliphatic carbocycles. The minimum absolute atomic E-state index is 0.0492. The number of benzene rings is 3. The van der Waals surface area contributed by atoms with E-state index in [1.54, 1.807) is 47.1 Å². The van der Waals surface area contributed by atoms with Gasteiger partial charge in [-0.3, -0.25) is 14.4 Å². The maximum atomic E-state index is 14.0. The maximum Gasteiger partial charge on any atom is 0.264 e. The van der Waals surface area contributed by atoms with E-state index in [-0.39, 0.29) is 43.8 Å². The number of aliphatic hydroxyl groups is 2. The Labute approximate surface area is 264 Å². The van der Waals surface area contributed by atoms with Crippen LogP contribution in [0.4, 0.5) is 11.4 Å². The van der Waals surface area contributed by atoms with Gasteiger partial charge in [0, 0.05) is 43.2 Å². The van der Waals surface area contributed by atoms with Gasteiger partial charge in [-0.15, -0.1) is 0 Å². The second kappa shape index (κ2) is 14.6. The summed E-state index contributed by atoms with van der Waals surface area (Å²) in [6.07, 6.45) is 5.16. The topological polar surface area (TPSA) is 122 Å². The monoisotopic (exact) mass is 610 g/mol. The number of carbonyl (C=O) groups is 3. The average Bonchev–Trinajstić information content (AvgIpc) is 3.27. The molecule has 9 heteroatoms. The molecule has 236 valence electrons. The Morgan fingerprint density at radius 1 is 1.09 bits per heavy atom. The third-order valence-electron chi connectivity index (χ3n) is 8.70. The predicted octanol–water partition coefficient (Wildman–Crippen LogP) is 3.96. The van der Waals surface area contributed by atoms with Crippen molar-refractivity contribution in [2.75, 3.05) is 36.5 Å². The molecule has 1 unspecified atom stereocenters. The van der Waals surface area contributed by atoms with Crippen LogP contribution in [-0.4, -0.2) is 59.1 Å². The predicted molar refractivity (Wildman–Crippen MR) is 174 cm³/mol. The van der Waals surface area contributed by atoms with Crippen molar-refractivity contribution in [3.63, 3.8) is 0 Å². The highest BCUT2D eigenvalue weighted by Gasteiger charge is 2.52. The number of carbonyl (C=O) groups excluding carboxylic acids is 3. The van der Waals surface area contributed by atoms with Crippen LogP contribution in [0.3, 0.4) is 0 Å². The normalized spacial score (nSPS) is 20.2. The number of piperidine rings is 1. The lowest BCUT2D eigenvalue weighted by atomic mass is 9.82. The molecule has 3 aromatic carbocycles. The fourth-order valence-electron chi connectivity index (χ4n) is 6.13. The zero-order valence-electron chi connectivity index (χ0n) is 25.7. The summed E-state index contributed by atoms with van der Waals surface area (Å²) in [7, 11) is 0. The number of anilines is 2. The van der Waals surface area contributed by atoms with Crippen LogP contribution in [0.5, 0.6) is 0 Å². The Morgan fingerprint density at radius 2 is 1.80 bits per heavy atom. The van der Waals surface area contributed by atoms with E-state index in [1.807, 2.05) is 60.7 Å². The Balaban J connectivity index is 1.37. The molecule has 0 bridgehead atoms. The van der Waals surface area contributed by atoms with Crippen molar-refractivity contribution in [3.8, 4) is 0 Å². The smallest absolute Gasteiger partial charge is 0.264 e. The third-order valence-corrected chi connectivity index (χ3v) is 8.70. The van der Waals surface area contributed by atoms with Crippen molar-refractivity contribution in [1.82, 2.24) is 10.2 Å². The van der Waals surface area contributed by atoms with E-state index in [2.05, 4.69) is 10.6 Å². The van der Waals surface area contributed by atoms with Crippen LogP contribution in [0.15, 0.2) is 91.0 Å². The number of aliphatic hydroxyl groups excluding tert-OH is 1. The molecule has 0 radical (unpaired) electrons. The molecule has 0 saturated carbocycles. The second-order valence-corrected chi connectivity index (χ2v) is 11.9. The average molecular weight is 611 g/mol. The molecule has 1 fully saturated rings. The van der Waals surface area contributed by atoms with Gasteiger partial charge in [-0.2, -0.15) is 0 Å². The number of fused-ring (bicyclic) bond motifs is 1. The van der Waals surface area contributed by atoms with Crippen LogP contribution < -0.4 is 15.5 Å². The van der Waals surface area contributed by atoms with Gasteiger partial charge >= 0.3 is 0 Å². The molecule has 3 amide bonds. The molecule has 0 spiro atoms. The van der Waals surface area contributed by atoms with Crippen molar-refractivity contribution in [2.45, 2.75) is 44.9 Å². The van der Waals surface area contributed by atoms with Gasteiger partial charge in [0.05, 0.1) is 24.8 Å². The van der Waals surface area contributed by atoms with E-state index in [4.69, 9.17) is 0 Å². The van der Waals surface area contributed by atoms with Gasteiger partial charge in [-0.25, -0.2) is 0 Å². The summed E-state index contributed by atoms with van der Waals surface area (Å²) in [6, 6.07) is 24.4. The highest BCUT2D eigenvalue weighted by molar-refractivity contribution is 6.08. The van der Waals surface area contributed by atoms with Crippen molar-refractivity contribution in [1.29, 1.82) is 0 Å². The van der Waals surface area contributed by atoms with E-state index in [9.17, 15) is 24.6 Å².